The number of alkyl halides is 2. The number of aromatic nitrogens is 1. The van der Waals surface area contributed by atoms with Crippen LogP contribution < -0.4 is 5.32 Å². The van der Waals surface area contributed by atoms with Gasteiger partial charge in [-0.1, -0.05) is 0 Å². The first-order valence-corrected chi connectivity index (χ1v) is 5.13. The summed E-state index contributed by atoms with van der Waals surface area (Å²) in [5.74, 6) is -3.59. The van der Waals surface area contributed by atoms with Gasteiger partial charge in [-0.25, -0.2) is 8.78 Å². The van der Waals surface area contributed by atoms with E-state index in [0.717, 1.165) is 0 Å². The zero-order valence-corrected chi connectivity index (χ0v) is 8.62. The maximum Gasteiger partial charge on any atom is 0.257 e. The van der Waals surface area contributed by atoms with E-state index < -0.39 is 11.8 Å². The van der Waals surface area contributed by atoms with Crippen LogP contribution in [0.3, 0.4) is 0 Å². The minimum atomic E-state index is -2.72. The summed E-state index contributed by atoms with van der Waals surface area (Å²) in [4.78, 5) is 14.3. The summed E-state index contributed by atoms with van der Waals surface area (Å²) in [6.07, 6.45) is 1.79. The fraction of sp³-hybridized carbons (Fsp3) is 0.455. The Morgan fingerprint density at radius 1 is 1.56 bits per heavy atom. The molecule has 86 valence electrons. The van der Waals surface area contributed by atoms with Crippen LogP contribution in [0.2, 0.25) is 0 Å². The van der Waals surface area contributed by atoms with Crippen molar-refractivity contribution < 1.29 is 13.6 Å². The van der Waals surface area contributed by atoms with Crippen molar-refractivity contribution in [1.29, 1.82) is 0 Å². The average molecular weight is 226 g/mol. The summed E-state index contributed by atoms with van der Waals surface area (Å²) in [5.41, 5.74) is 0.660. The Labute approximate surface area is 91.9 Å². The topological polar surface area (TPSA) is 42.0 Å². The van der Waals surface area contributed by atoms with E-state index in [-0.39, 0.29) is 18.7 Å². The first-order valence-electron chi connectivity index (χ1n) is 5.13. The normalized spacial score (nSPS) is 24.0. The van der Waals surface area contributed by atoms with Gasteiger partial charge in [-0.3, -0.25) is 9.78 Å². The van der Waals surface area contributed by atoms with Crippen LogP contribution in [0.25, 0.3) is 0 Å². The van der Waals surface area contributed by atoms with Gasteiger partial charge in [0.25, 0.3) is 5.92 Å². The van der Waals surface area contributed by atoms with Crippen molar-refractivity contribution in [1.82, 2.24) is 10.3 Å². The Morgan fingerprint density at radius 2 is 2.38 bits per heavy atom. The molecule has 1 atom stereocenters. The van der Waals surface area contributed by atoms with Gasteiger partial charge in [-0.05, 0) is 17.7 Å². The molecule has 1 aliphatic rings. The van der Waals surface area contributed by atoms with Gasteiger partial charge in [-0.15, -0.1) is 0 Å². The van der Waals surface area contributed by atoms with Crippen LogP contribution in [0.15, 0.2) is 18.3 Å². The van der Waals surface area contributed by atoms with Crippen LogP contribution in [0.4, 0.5) is 8.78 Å². The minimum absolute atomic E-state index is 0.170. The maximum absolute atomic E-state index is 13.6. The van der Waals surface area contributed by atoms with E-state index in [1.807, 2.05) is 0 Å². The number of pyridine rings is 1. The maximum atomic E-state index is 13.6. The summed E-state index contributed by atoms with van der Waals surface area (Å²) < 4.78 is 27.3. The van der Waals surface area contributed by atoms with Crippen molar-refractivity contribution in [3.63, 3.8) is 0 Å². The summed E-state index contributed by atoms with van der Waals surface area (Å²) in [5, 5.41) is 2.94. The third kappa shape index (κ3) is 2.09. The molecule has 0 amide bonds. The quantitative estimate of drug-likeness (QED) is 0.779. The molecule has 2 rings (SSSR count). The molecule has 1 aromatic rings. The highest BCUT2D eigenvalue weighted by molar-refractivity contribution is 5.71. The van der Waals surface area contributed by atoms with Gasteiger partial charge in [0.1, 0.15) is 5.69 Å². The molecule has 1 aromatic heterocycles. The predicted molar refractivity (Wildman–Crippen MR) is 54.8 cm³/mol. The van der Waals surface area contributed by atoms with E-state index in [2.05, 4.69) is 10.3 Å². The number of aldehydes is 1. The summed E-state index contributed by atoms with van der Waals surface area (Å²) in [7, 11) is 0. The highest BCUT2D eigenvalue weighted by Gasteiger charge is 2.42. The first-order chi connectivity index (χ1) is 7.63. The number of rotatable bonds is 2. The molecule has 0 bridgehead atoms. The van der Waals surface area contributed by atoms with E-state index in [0.29, 0.717) is 18.4 Å². The van der Waals surface area contributed by atoms with Crippen LogP contribution in [-0.2, 0) is 0 Å². The second-order valence-electron chi connectivity index (χ2n) is 3.90. The zero-order chi connectivity index (χ0) is 11.6. The van der Waals surface area contributed by atoms with Gasteiger partial charge in [0.15, 0.2) is 6.29 Å². The molecule has 1 unspecified atom stereocenters. The van der Waals surface area contributed by atoms with Gasteiger partial charge in [0.2, 0.25) is 0 Å². The molecule has 1 saturated heterocycles. The molecule has 0 radical (unpaired) electrons. The molecule has 1 fully saturated rings. The molecule has 0 aliphatic carbocycles. The molecule has 2 heterocycles. The highest BCUT2D eigenvalue weighted by atomic mass is 19.3. The van der Waals surface area contributed by atoms with E-state index >= 15 is 0 Å². The Bertz CT molecular complexity index is 395. The molecule has 5 heteroatoms. The van der Waals surface area contributed by atoms with Gasteiger partial charge in [-0.2, -0.15) is 0 Å². The average Bonchev–Trinajstić information content (AvgIpc) is 2.28. The van der Waals surface area contributed by atoms with Crippen molar-refractivity contribution >= 4 is 6.29 Å². The number of hydrogen-bond donors (Lipinski definition) is 1. The number of halogens is 2. The van der Waals surface area contributed by atoms with E-state index in [1.54, 1.807) is 6.07 Å². The van der Waals surface area contributed by atoms with Gasteiger partial charge in [0, 0.05) is 25.7 Å². The molecule has 1 aliphatic heterocycles. The zero-order valence-electron chi connectivity index (χ0n) is 8.62. The molecule has 0 saturated carbocycles. The van der Waals surface area contributed by atoms with E-state index in [1.165, 1.54) is 12.3 Å². The summed E-state index contributed by atoms with van der Waals surface area (Å²) in [6, 6.07) is 2.97. The van der Waals surface area contributed by atoms with Gasteiger partial charge < -0.3 is 5.32 Å². The predicted octanol–water partition coefficient (Wildman–Crippen LogP) is 1.61. The number of nitrogens with one attached hydrogen (secondary N) is 1. The first kappa shape index (κ1) is 11.1. The Morgan fingerprint density at radius 3 is 3.06 bits per heavy atom. The molecule has 1 N–H and O–H groups in total. The molecule has 3 nitrogen and oxygen atoms in total. The molecule has 0 aromatic carbocycles. The third-order valence-corrected chi connectivity index (χ3v) is 2.82. The number of carbonyl (C=O) groups excluding carboxylic acids is 1. The summed E-state index contributed by atoms with van der Waals surface area (Å²) in [6.45, 7) is 0.560. The van der Waals surface area contributed by atoms with Crippen molar-refractivity contribution in [3.05, 3.63) is 29.6 Å². The van der Waals surface area contributed by atoms with Crippen LogP contribution in [0.5, 0.6) is 0 Å². The van der Waals surface area contributed by atoms with Crippen molar-refractivity contribution in [2.75, 3.05) is 13.1 Å². The standard InChI is InChI=1S/C11H12F2N2O/c12-11(13)2-4-14-6-10(11)8-1-3-15-9(5-8)7-16/h1,3,5,7,10,14H,2,4,6H2. The van der Waals surface area contributed by atoms with Crippen LogP contribution >= 0.6 is 0 Å². The number of hydrogen-bond acceptors (Lipinski definition) is 3. The SMILES string of the molecule is O=Cc1cc(C2CNCCC2(F)F)ccn1. The van der Waals surface area contributed by atoms with Crippen molar-refractivity contribution in [2.45, 2.75) is 18.3 Å². The monoisotopic (exact) mass is 226 g/mol. The van der Waals surface area contributed by atoms with Gasteiger partial charge in [0.05, 0.1) is 5.92 Å². The second kappa shape index (κ2) is 4.25. The second-order valence-corrected chi connectivity index (χ2v) is 3.90. The number of nitrogens with zero attached hydrogens (tertiary/aromatic N) is 1. The lowest BCUT2D eigenvalue weighted by atomic mass is 9.88. The van der Waals surface area contributed by atoms with Crippen LogP contribution in [0, 0.1) is 0 Å². The molecule has 0 spiro atoms. The molecular formula is C11H12F2N2O. The van der Waals surface area contributed by atoms with Crippen LogP contribution in [-0.4, -0.2) is 30.3 Å². The minimum Gasteiger partial charge on any atom is -0.316 e. The number of piperidine rings is 1. The van der Waals surface area contributed by atoms with Crippen LogP contribution in [0.1, 0.15) is 28.4 Å². The lowest BCUT2D eigenvalue weighted by molar-refractivity contribution is -0.0479. The smallest absolute Gasteiger partial charge is 0.257 e. The molecule has 16 heavy (non-hydrogen) atoms. The van der Waals surface area contributed by atoms with E-state index in [4.69, 9.17) is 0 Å². The number of carbonyl (C=O) groups is 1. The van der Waals surface area contributed by atoms with Crippen molar-refractivity contribution in [3.8, 4) is 0 Å². The lowest BCUT2D eigenvalue weighted by Gasteiger charge is -2.32. The van der Waals surface area contributed by atoms with Crippen molar-refractivity contribution in [2.24, 2.45) is 0 Å². The fourth-order valence-electron chi connectivity index (χ4n) is 1.93. The summed E-state index contributed by atoms with van der Waals surface area (Å²) >= 11 is 0. The van der Waals surface area contributed by atoms with Gasteiger partial charge >= 0.3 is 0 Å². The Kier molecular flexibility index (Phi) is 2.96. The largest absolute Gasteiger partial charge is 0.316 e. The third-order valence-electron chi connectivity index (χ3n) is 2.82. The Balaban J connectivity index is 2.31. The molecular weight excluding hydrogens is 214 g/mol. The highest BCUT2D eigenvalue weighted by Crippen LogP contribution is 2.37. The van der Waals surface area contributed by atoms with E-state index in [9.17, 15) is 13.6 Å². The fourth-order valence-corrected chi connectivity index (χ4v) is 1.93. The lowest BCUT2D eigenvalue weighted by Crippen LogP contribution is -2.42. The Hall–Kier alpha value is -1.36.